The van der Waals surface area contributed by atoms with Crippen LogP contribution in [0.3, 0.4) is 0 Å². The number of hydrogen-bond acceptors (Lipinski definition) is 4. The van der Waals surface area contributed by atoms with E-state index in [4.69, 9.17) is 14.4 Å². The molecule has 0 heterocycles. The molecule has 0 radical (unpaired) electrons. The maximum Gasteiger partial charge on any atom is 0.165 e. The summed E-state index contributed by atoms with van der Waals surface area (Å²) in [5, 5.41) is 19.2. The van der Waals surface area contributed by atoms with Crippen molar-refractivity contribution in [3.8, 4) is 17.2 Å². The lowest BCUT2D eigenvalue weighted by Crippen LogP contribution is -1.94. The molecular weight excluding hydrogens is 323 g/mol. The average molecular weight is 342 g/mol. The number of benzene rings is 3. The van der Waals surface area contributed by atoms with E-state index in [-0.39, 0.29) is 14.6 Å². The van der Waals surface area contributed by atoms with Gasteiger partial charge in [0.05, 0.1) is 0 Å². The molecule has 3 aromatic rings. The van der Waals surface area contributed by atoms with Crippen molar-refractivity contribution in [1.82, 2.24) is 0 Å². The quantitative estimate of drug-likeness (QED) is 0.709. The molecule has 0 aromatic heterocycles. The van der Waals surface area contributed by atoms with E-state index in [1.807, 2.05) is 49.3 Å². The Balaban J connectivity index is 0.000000268. The minimum absolute atomic E-state index is 0.181. The summed E-state index contributed by atoms with van der Waals surface area (Å²) in [5.74, 6) is 1.03. The summed E-state index contributed by atoms with van der Waals surface area (Å²) in [6, 6.07) is 25.6. The molecule has 24 heavy (non-hydrogen) atoms. The van der Waals surface area contributed by atoms with Crippen LogP contribution in [0.2, 0.25) is 0 Å². The molecule has 1 unspecified atom stereocenters. The second-order valence-corrected chi connectivity index (χ2v) is 5.36. The Hall–Kier alpha value is -2.84. The molecule has 4 nitrogen and oxygen atoms in total. The highest BCUT2D eigenvalue weighted by molar-refractivity contribution is 7.42. The van der Waals surface area contributed by atoms with Crippen molar-refractivity contribution in [2.45, 2.75) is 0 Å². The van der Waals surface area contributed by atoms with Gasteiger partial charge in [-0.3, -0.25) is 0 Å². The van der Waals surface area contributed by atoms with Gasteiger partial charge in [0.2, 0.25) is 0 Å². The van der Waals surface area contributed by atoms with Gasteiger partial charge in [0.1, 0.15) is 21.3 Å². The lowest BCUT2D eigenvalue weighted by molar-refractivity contribution is -0.0979. The van der Waals surface area contributed by atoms with Crippen LogP contribution in [0, 0.1) is 0 Å². The van der Waals surface area contributed by atoms with E-state index in [9.17, 15) is 5.11 Å². The zero-order valence-corrected chi connectivity index (χ0v) is 14.0. The van der Waals surface area contributed by atoms with Gasteiger partial charge in [-0.25, -0.2) is 0 Å². The first-order chi connectivity index (χ1) is 11.8. The molecule has 0 saturated heterocycles. The van der Waals surface area contributed by atoms with Gasteiger partial charge < -0.3 is 19.5 Å². The molecule has 5 heteroatoms. The minimum Gasteiger partial charge on any atom is -0.508 e. The van der Waals surface area contributed by atoms with Crippen LogP contribution in [0.15, 0.2) is 84.9 Å². The molecule has 0 spiro atoms. The van der Waals surface area contributed by atoms with Crippen molar-refractivity contribution in [2.75, 3.05) is 0 Å². The first-order valence-electron chi connectivity index (χ1n) is 7.04. The van der Waals surface area contributed by atoms with Gasteiger partial charge in [0.15, 0.2) is 11.5 Å². The van der Waals surface area contributed by atoms with Crippen LogP contribution < -0.4 is 9.83 Å². The number of phenolic OH excluding ortho intramolecular Hbond substituents is 2. The Morgan fingerprint density at radius 1 is 0.708 bits per heavy atom. The Kier molecular flexibility index (Phi) is 9.36. The van der Waals surface area contributed by atoms with Crippen LogP contribution in [0.1, 0.15) is 0 Å². The van der Waals surface area contributed by atoms with E-state index in [0.717, 1.165) is 5.30 Å². The van der Waals surface area contributed by atoms with Crippen LogP contribution in [0.5, 0.6) is 17.2 Å². The molecule has 2 N–H and O–H groups in total. The summed E-state index contributed by atoms with van der Waals surface area (Å²) in [7, 11) is 0.218. The predicted octanol–water partition coefficient (Wildman–Crippen LogP) is 3.90. The highest BCUT2D eigenvalue weighted by atomic mass is 31.1. The molecule has 0 aliphatic heterocycles. The molecule has 1 atom stereocenters. The van der Waals surface area contributed by atoms with E-state index >= 15 is 0 Å². The number of phenols is 2. The van der Waals surface area contributed by atoms with E-state index in [1.165, 1.54) is 0 Å². The number of carbonyl (C=O) groups excluding carboxylic acids is 1. The van der Waals surface area contributed by atoms with Gasteiger partial charge in [-0.2, -0.15) is 0 Å². The normalized spacial score (nSPS) is 9.33. The second-order valence-electron chi connectivity index (χ2n) is 4.37. The van der Waals surface area contributed by atoms with Crippen LogP contribution in [-0.2, 0) is 4.79 Å². The third-order valence-corrected chi connectivity index (χ3v) is 3.57. The van der Waals surface area contributed by atoms with Crippen molar-refractivity contribution in [1.29, 1.82) is 0 Å². The summed E-state index contributed by atoms with van der Waals surface area (Å²) in [4.78, 5) is 8.00. The molecule has 124 valence electrons. The fourth-order valence-electron chi connectivity index (χ4n) is 1.59. The highest BCUT2D eigenvalue weighted by Gasteiger charge is 2.00. The molecule has 3 rings (SSSR count). The zero-order valence-electron chi connectivity index (χ0n) is 13.0. The molecule has 0 amide bonds. The van der Waals surface area contributed by atoms with Gasteiger partial charge >= 0.3 is 0 Å². The van der Waals surface area contributed by atoms with Gasteiger partial charge in [-0.15, -0.1) is 0 Å². The standard InChI is InChI=1S/C12H11O2P.C6H6O.CH2O/c13-11-8-4-5-9-12(11)14-15-10-6-2-1-3-7-10;7-6-4-2-1-3-5-6;1-2/h1-9,13,15H;1-5,7H;1H2. The van der Waals surface area contributed by atoms with Gasteiger partial charge in [0.25, 0.3) is 0 Å². The van der Waals surface area contributed by atoms with Crippen LogP contribution in [-0.4, -0.2) is 17.0 Å². The lowest BCUT2D eigenvalue weighted by Gasteiger charge is -2.06. The number of carbonyl (C=O) groups is 1. The predicted molar refractivity (Wildman–Crippen MR) is 98.4 cm³/mol. The Morgan fingerprint density at radius 2 is 1.21 bits per heavy atom. The van der Waals surface area contributed by atoms with Gasteiger partial charge in [0, 0.05) is 5.30 Å². The van der Waals surface area contributed by atoms with Crippen molar-refractivity contribution in [3.05, 3.63) is 84.9 Å². The van der Waals surface area contributed by atoms with E-state index in [2.05, 4.69) is 0 Å². The lowest BCUT2D eigenvalue weighted by atomic mass is 10.3. The van der Waals surface area contributed by atoms with E-state index < -0.39 is 0 Å². The minimum atomic E-state index is 0.181. The Labute approximate surface area is 143 Å². The summed E-state index contributed by atoms with van der Waals surface area (Å²) >= 11 is 0. The monoisotopic (exact) mass is 342 g/mol. The SMILES string of the molecule is C=O.Oc1ccccc1.Oc1ccccc1OPc1ccccc1. The first kappa shape index (κ1) is 19.2. The highest BCUT2D eigenvalue weighted by Crippen LogP contribution is 2.29. The zero-order chi connectivity index (χ0) is 17.6. The first-order valence-corrected chi connectivity index (χ1v) is 7.95. The topological polar surface area (TPSA) is 66.8 Å². The largest absolute Gasteiger partial charge is 0.508 e. The van der Waals surface area contributed by atoms with E-state index in [1.54, 1.807) is 42.5 Å². The van der Waals surface area contributed by atoms with E-state index in [0.29, 0.717) is 11.5 Å². The third kappa shape index (κ3) is 7.43. The number of rotatable bonds is 3. The van der Waals surface area contributed by atoms with Crippen molar-refractivity contribution >= 4 is 20.9 Å². The van der Waals surface area contributed by atoms with Crippen molar-refractivity contribution < 1.29 is 19.5 Å². The van der Waals surface area contributed by atoms with Gasteiger partial charge in [-0.05, 0) is 24.3 Å². The molecule has 0 fully saturated rings. The molecular formula is C19H19O4P. The summed E-state index contributed by atoms with van der Waals surface area (Å²) in [6.07, 6.45) is 0. The molecule has 0 bridgehead atoms. The Bertz CT molecular complexity index is 690. The molecule has 0 aliphatic carbocycles. The van der Waals surface area contributed by atoms with Crippen molar-refractivity contribution in [3.63, 3.8) is 0 Å². The van der Waals surface area contributed by atoms with Crippen LogP contribution in [0.4, 0.5) is 0 Å². The fourth-order valence-corrected chi connectivity index (χ4v) is 2.32. The number of hydrogen-bond donors (Lipinski definition) is 2. The number of para-hydroxylation sites is 3. The van der Waals surface area contributed by atoms with Crippen LogP contribution in [0.25, 0.3) is 0 Å². The van der Waals surface area contributed by atoms with Crippen molar-refractivity contribution in [2.24, 2.45) is 0 Å². The molecule has 0 saturated carbocycles. The smallest absolute Gasteiger partial charge is 0.165 e. The number of aromatic hydroxyl groups is 2. The molecule has 3 aromatic carbocycles. The summed E-state index contributed by atoms with van der Waals surface area (Å²) in [5.41, 5.74) is 0. The van der Waals surface area contributed by atoms with Crippen LogP contribution >= 0.6 is 8.81 Å². The Morgan fingerprint density at radius 3 is 1.71 bits per heavy atom. The maximum absolute atomic E-state index is 9.47. The summed E-state index contributed by atoms with van der Waals surface area (Å²) in [6.45, 7) is 2.00. The maximum atomic E-state index is 9.47. The third-order valence-electron chi connectivity index (χ3n) is 2.67. The average Bonchev–Trinajstić information content (AvgIpc) is 2.65. The fraction of sp³-hybridized carbons (Fsp3) is 0. The summed E-state index contributed by atoms with van der Waals surface area (Å²) < 4.78 is 5.50. The second kappa shape index (κ2) is 11.7. The van der Waals surface area contributed by atoms with Gasteiger partial charge in [-0.1, -0.05) is 60.7 Å². The molecule has 0 aliphatic rings.